The molecule has 1 aliphatic heterocycles. The van der Waals surface area contributed by atoms with Crippen molar-refractivity contribution in [2.75, 3.05) is 13.3 Å². The minimum absolute atomic E-state index is 0.0977. The summed E-state index contributed by atoms with van der Waals surface area (Å²) in [6.45, 7) is 0.841. The number of carbonyl (C=O) groups is 1. The van der Waals surface area contributed by atoms with Crippen LogP contribution >= 0.6 is 0 Å². The van der Waals surface area contributed by atoms with Crippen molar-refractivity contribution in [1.82, 2.24) is 10.3 Å². The van der Waals surface area contributed by atoms with E-state index in [0.29, 0.717) is 23.6 Å². The van der Waals surface area contributed by atoms with Crippen molar-refractivity contribution >= 4 is 5.91 Å². The zero-order chi connectivity index (χ0) is 14.5. The third-order valence-corrected chi connectivity index (χ3v) is 3.29. The van der Waals surface area contributed by atoms with Gasteiger partial charge in [0.25, 0.3) is 5.91 Å². The maximum Gasteiger partial charge on any atom is 0.251 e. The van der Waals surface area contributed by atoms with Gasteiger partial charge in [-0.2, -0.15) is 0 Å². The van der Waals surface area contributed by atoms with Crippen LogP contribution in [0.3, 0.4) is 0 Å². The molecule has 2 aromatic rings. The average Bonchev–Trinajstić information content (AvgIpc) is 3.00. The molecule has 108 valence electrons. The highest BCUT2D eigenvalue weighted by molar-refractivity contribution is 5.94. The fourth-order valence-electron chi connectivity index (χ4n) is 2.18. The fraction of sp³-hybridized carbons (Fsp3) is 0.250. The molecule has 1 aromatic heterocycles. The van der Waals surface area contributed by atoms with E-state index in [4.69, 9.17) is 9.47 Å². The van der Waals surface area contributed by atoms with Crippen LogP contribution in [0, 0.1) is 0 Å². The van der Waals surface area contributed by atoms with Crippen LogP contribution in [0.15, 0.2) is 42.7 Å². The molecule has 0 radical (unpaired) electrons. The summed E-state index contributed by atoms with van der Waals surface area (Å²) in [6, 6.07) is 9.16. The minimum atomic E-state index is -0.0977. The molecule has 0 bridgehead atoms. The second-order valence-electron chi connectivity index (χ2n) is 4.79. The highest BCUT2D eigenvalue weighted by Gasteiger charge is 2.15. The first-order valence-electron chi connectivity index (χ1n) is 6.90. The lowest BCUT2D eigenvalue weighted by atomic mass is 10.1. The summed E-state index contributed by atoms with van der Waals surface area (Å²) < 4.78 is 10.5. The van der Waals surface area contributed by atoms with E-state index < -0.39 is 0 Å². The molecule has 0 saturated carbocycles. The van der Waals surface area contributed by atoms with Crippen LogP contribution in [0.2, 0.25) is 0 Å². The number of carbonyl (C=O) groups excluding carboxylic acids is 1. The van der Waals surface area contributed by atoms with E-state index in [1.807, 2.05) is 18.3 Å². The number of pyridine rings is 1. The topological polar surface area (TPSA) is 60.5 Å². The van der Waals surface area contributed by atoms with Gasteiger partial charge in [-0.25, -0.2) is 0 Å². The van der Waals surface area contributed by atoms with Crippen LogP contribution in [0.1, 0.15) is 22.3 Å². The molecular formula is C16H16N2O3. The molecule has 1 aliphatic rings. The van der Waals surface area contributed by atoms with Gasteiger partial charge >= 0.3 is 0 Å². The van der Waals surface area contributed by atoms with Crippen LogP contribution in [-0.4, -0.2) is 24.2 Å². The molecule has 5 nitrogen and oxygen atoms in total. The Morgan fingerprint density at radius 1 is 1.24 bits per heavy atom. The van der Waals surface area contributed by atoms with E-state index in [2.05, 4.69) is 10.3 Å². The van der Waals surface area contributed by atoms with Crippen LogP contribution in [0.4, 0.5) is 0 Å². The summed E-state index contributed by atoms with van der Waals surface area (Å²) in [6.07, 6.45) is 5.38. The van der Waals surface area contributed by atoms with Gasteiger partial charge in [-0.15, -0.1) is 0 Å². The van der Waals surface area contributed by atoms with Gasteiger partial charge in [-0.1, -0.05) is 6.07 Å². The number of rotatable bonds is 5. The van der Waals surface area contributed by atoms with Crippen molar-refractivity contribution in [1.29, 1.82) is 0 Å². The molecule has 0 spiro atoms. The highest BCUT2D eigenvalue weighted by atomic mass is 16.7. The van der Waals surface area contributed by atoms with Gasteiger partial charge in [-0.3, -0.25) is 9.78 Å². The first-order valence-corrected chi connectivity index (χ1v) is 6.90. The number of ether oxygens (including phenoxy) is 2. The predicted octanol–water partition coefficient (Wildman–Crippen LogP) is 2.17. The van der Waals surface area contributed by atoms with Crippen LogP contribution < -0.4 is 14.8 Å². The number of benzene rings is 1. The molecule has 3 rings (SSSR count). The number of aryl methyl sites for hydroxylation is 1. The van der Waals surface area contributed by atoms with Crippen LogP contribution in [0.25, 0.3) is 0 Å². The first-order chi connectivity index (χ1) is 10.3. The van der Waals surface area contributed by atoms with Crippen molar-refractivity contribution in [3.63, 3.8) is 0 Å². The predicted molar refractivity (Wildman–Crippen MR) is 77.5 cm³/mol. The Hall–Kier alpha value is -2.56. The second-order valence-corrected chi connectivity index (χ2v) is 4.79. The van der Waals surface area contributed by atoms with Gasteiger partial charge in [0.2, 0.25) is 6.79 Å². The number of hydrogen-bond acceptors (Lipinski definition) is 4. The second kappa shape index (κ2) is 6.26. The third-order valence-electron chi connectivity index (χ3n) is 3.29. The number of fused-ring (bicyclic) bond motifs is 1. The first kappa shape index (κ1) is 13.4. The lowest BCUT2D eigenvalue weighted by molar-refractivity contribution is 0.0952. The molecule has 1 amide bonds. The fourth-order valence-corrected chi connectivity index (χ4v) is 2.18. The zero-order valence-corrected chi connectivity index (χ0v) is 11.5. The molecule has 21 heavy (non-hydrogen) atoms. The molecular weight excluding hydrogens is 268 g/mol. The Morgan fingerprint density at radius 3 is 3.00 bits per heavy atom. The standard InChI is InChI=1S/C16H16N2O3/c19-16(13-5-6-14-15(9-13)21-11-20-14)18-8-2-4-12-3-1-7-17-10-12/h1,3,5-7,9-10H,2,4,8,11H2,(H,18,19). The lowest BCUT2D eigenvalue weighted by Gasteiger charge is -2.06. The summed E-state index contributed by atoms with van der Waals surface area (Å²) in [5.74, 6) is 1.21. The van der Waals surface area contributed by atoms with Crippen molar-refractivity contribution < 1.29 is 14.3 Å². The zero-order valence-electron chi connectivity index (χ0n) is 11.5. The summed E-state index contributed by atoms with van der Waals surface area (Å²) >= 11 is 0. The highest BCUT2D eigenvalue weighted by Crippen LogP contribution is 2.32. The van der Waals surface area contributed by atoms with Gasteiger partial charge in [0.05, 0.1) is 0 Å². The normalized spacial score (nSPS) is 12.2. The minimum Gasteiger partial charge on any atom is -0.454 e. The summed E-state index contributed by atoms with van der Waals surface area (Å²) in [4.78, 5) is 16.1. The van der Waals surface area contributed by atoms with Crippen molar-refractivity contribution in [2.45, 2.75) is 12.8 Å². The quantitative estimate of drug-likeness (QED) is 0.855. The van der Waals surface area contributed by atoms with E-state index in [0.717, 1.165) is 12.8 Å². The smallest absolute Gasteiger partial charge is 0.251 e. The van der Waals surface area contributed by atoms with Gasteiger partial charge in [-0.05, 0) is 42.7 Å². The molecule has 5 heteroatoms. The Kier molecular flexibility index (Phi) is 4.00. The van der Waals surface area contributed by atoms with E-state index in [-0.39, 0.29) is 12.7 Å². The Balaban J connectivity index is 1.48. The number of hydrogen-bond donors (Lipinski definition) is 1. The summed E-state index contributed by atoms with van der Waals surface area (Å²) in [5.41, 5.74) is 1.76. The summed E-state index contributed by atoms with van der Waals surface area (Å²) in [5, 5.41) is 2.90. The molecule has 0 saturated heterocycles. The van der Waals surface area contributed by atoms with E-state index >= 15 is 0 Å². The van der Waals surface area contributed by atoms with Crippen molar-refractivity contribution in [2.24, 2.45) is 0 Å². The Bertz CT molecular complexity index is 629. The van der Waals surface area contributed by atoms with Gasteiger partial charge in [0.1, 0.15) is 0 Å². The molecule has 0 fully saturated rings. The number of aromatic nitrogens is 1. The van der Waals surface area contributed by atoms with Gasteiger partial charge < -0.3 is 14.8 Å². The number of nitrogens with one attached hydrogen (secondary N) is 1. The van der Waals surface area contributed by atoms with E-state index in [1.54, 1.807) is 24.4 Å². The maximum absolute atomic E-state index is 12.0. The average molecular weight is 284 g/mol. The van der Waals surface area contributed by atoms with E-state index in [9.17, 15) is 4.79 Å². The third kappa shape index (κ3) is 3.31. The number of amides is 1. The SMILES string of the molecule is O=C(NCCCc1cccnc1)c1ccc2c(c1)OCO2. The number of nitrogens with zero attached hydrogens (tertiary/aromatic N) is 1. The molecule has 0 atom stereocenters. The molecule has 1 N–H and O–H groups in total. The molecule has 0 unspecified atom stereocenters. The maximum atomic E-state index is 12.0. The Labute approximate surface area is 122 Å². The van der Waals surface area contributed by atoms with Crippen LogP contribution in [0.5, 0.6) is 11.5 Å². The van der Waals surface area contributed by atoms with Crippen LogP contribution in [-0.2, 0) is 6.42 Å². The van der Waals surface area contributed by atoms with E-state index in [1.165, 1.54) is 5.56 Å². The lowest BCUT2D eigenvalue weighted by Crippen LogP contribution is -2.24. The molecule has 0 aliphatic carbocycles. The Morgan fingerprint density at radius 2 is 2.14 bits per heavy atom. The summed E-state index contributed by atoms with van der Waals surface area (Å²) in [7, 11) is 0. The molecule has 1 aromatic carbocycles. The monoisotopic (exact) mass is 284 g/mol. The van der Waals surface area contributed by atoms with Crippen molar-refractivity contribution in [3.8, 4) is 11.5 Å². The molecule has 2 heterocycles. The van der Waals surface area contributed by atoms with Crippen molar-refractivity contribution in [3.05, 3.63) is 53.9 Å². The largest absolute Gasteiger partial charge is 0.454 e. The van der Waals surface area contributed by atoms with Gasteiger partial charge in [0.15, 0.2) is 11.5 Å². The van der Waals surface area contributed by atoms with Gasteiger partial charge in [0, 0.05) is 24.5 Å².